The Labute approximate surface area is 79.7 Å². The normalized spacial score (nSPS) is 14.3. The molecular weight excluding hydrogens is 182 g/mol. The Hall–Kier alpha value is -1.91. The number of benzene rings is 1. The van der Waals surface area contributed by atoms with Crippen LogP contribution in [0.5, 0.6) is 5.75 Å². The SMILES string of the molecule is Nc1nc2cc3c(cc2n1[O-])CCO3. The number of ether oxygens (including phenoxy) is 1. The van der Waals surface area contributed by atoms with Gasteiger partial charge in [0.15, 0.2) is 5.95 Å². The van der Waals surface area contributed by atoms with Crippen molar-refractivity contribution >= 4 is 17.0 Å². The van der Waals surface area contributed by atoms with Crippen LogP contribution in [0, 0.1) is 5.21 Å². The number of imidazole rings is 1. The number of fused-ring (bicyclic) bond motifs is 2. The molecular formula is C9H8N3O2-. The first kappa shape index (κ1) is 7.49. The molecule has 0 saturated heterocycles. The van der Waals surface area contributed by atoms with Gasteiger partial charge in [-0.15, -0.1) is 0 Å². The van der Waals surface area contributed by atoms with Crippen LogP contribution in [0.3, 0.4) is 0 Å². The van der Waals surface area contributed by atoms with Crippen molar-refractivity contribution in [2.24, 2.45) is 0 Å². The molecule has 5 heteroatoms. The predicted molar refractivity (Wildman–Crippen MR) is 52.1 cm³/mol. The summed E-state index contributed by atoms with van der Waals surface area (Å²) >= 11 is 0. The summed E-state index contributed by atoms with van der Waals surface area (Å²) in [7, 11) is 0. The summed E-state index contributed by atoms with van der Waals surface area (Å²) < 4.78 is 6.01. The standard InChI is InChI=1S/C9H8N3O2/c10-9-11-6-4-8-5(1-2-14-8)3-7(6)12(9)13/h3-4H,1-2H2,(H2,10,11)/q-1. The monoisotopic (exact) mass is 190 g/mol. The third kappa shape index (κ3) is 0.810. The highest BCUT2D eigenvalue weighted by Gasteiger charge is 2.14. The van der Waals surface area contributed by atoms with E-state index in [0.717, 1.165) is 17.7 Å². The van der Waals surface area contributed by atoms with Gasteiger partial charge in [-0.05, 0) is 11.6 Å². The van der Waals surface area contributed by atoms with Gasteiger partial charge in [0.05, 0.1) is 17.6 Å². The molecule has 0 bridgehead atoms. The van der Waals surface area contributed by atoms with E-state index in [2.05, 4.69) is 4.98 Å². The molecule has 0 aliphatic carbocycles. The Morgan fingerprint density at radius 1 is 1.50 bits per heavy atom. The summed E-state index contributed by atoms with van der Waals surface area (Å²) in [5, 5.41) is 11.4. The molecule has 0 atom stereocenters. The second-order valence-corrected chi connectivity index (χ2v) is 3.31. The summed E-state index contributed by atoms with van der Waals surface area (Å²) in [6.45, 7) is 0.677. The molecule has 1 aromatic carbocycles. The molecule has 1 aliphatic rings. The van der Waals surface area contributed by atoms with Crippen LogP contribution in [0.1, 0.15) is 5.56 Å². The maximum Gasteiger partial charge on any atom is 0.196 e. The zero-order valence-electron chi connectivity index (χ0n) is 7.36. The molecule has 1 aliphatic heterocycles. The Balaban J connectivity index is 2.38. The lowest BCUT2D eigenvalue weighted by Crippen LogP contribution is -1.94. The fraction of sp³-hybridized carbons (Fsp3) is 0.222. The Morgan fingerprint density at radius 3 is 3.21 bits per heavy atom. The van der Waals surface area contributed by atoms with Gasteiger partial charge in [-0.2, -0.15) is 0 Å². The van der Waals surface area contributed by atoms with Crippen molar-refractivity contribution in [1.29, 1.82) is 0 Å². The molecule has 0 fully saturated rings. The number of nitrogen functional groups attached to an aromatic ring is 1. The van der Waals surface area contributed by atoms with Crippen LogP contribution in [-0.2, 0) is 6.42 Å². The quantitative estimate of drug-likeness (QED) is 0.669. The van der Waals surface area contributed by atoms with Crippen LogP contribution in [0.15, 0.2) is 12.1 Å². The predicted octanol–water partition coefficient (Wildman–Crippen LogP) is 0.899. The van der Waals surface area contributed by atoms with Gasteiger partial charge in [0, 0.05) is 12.5 Å². The lowest BCUT2D eigenvalue weighted by molar-refractivity contribution is 0.357. The summed E-state index contributed by atoms with van der Waals surface area (Å²) in [6.07, 6.45) is 0.844. The van der Waals surface area contributed by atoms with E-state index in [-0.39, 0.29) is 5.95 Å². The van der Waals surface area contributed by atoms with E-state index < -0.39 is 0 Å². The van der Waals surface area contributed by atoms with E-state index in [1.165, 1.54) is 0 Å². The molecule has 0 amide bonds. The van der Waals surface area contributed by atoms with E-state index >= 15 is 0 Å². The van der Waals surface area contributed by atoms with Crippen molar-refractivity contribution in [3.63, 3.8) is 0 Å². The molecule has 2 N–H and O–H groups in total. The molecule has 0 spiro atoms. The molecule has 0 saturated carbocycles. The van der Waals surface area contributed by atoms with Crippen molar-refractivity contribution in [3.05, 3.63) is 22.9 Å². The van der Waals surface area contributed by atoms with Crippen LogP contribution in [-0.4, -0.2) is 16.3 Å². The smallest absolute Gasteiger partial charge is 0.196 e. The van der Waals surface area contributed by atoms with Gasteiger partial charge < -0.3 is 20.4 Å². The first-order valence-electron chi connectivity index (χ1n) is 4.37. The van der Waals surface area contributed by atoms with Crippen molar-refractivity contribution in [1.82, 2.24) is 9.71 Å². The van der Waals surface area contributed by atoms with Gasteiger partial charge in [0.25, 0.3) is 0 Å². The number of hydrogen-bond acceptors (Lipinski definition) is 4. The van der Waals surface area contributed by atoms with E-state index in [1.54, 1.807) is 12.1 Å². The van der Waals surface area contributed by atoms with Crippen molar-refractivity contribution in [2.45, 2.75) is 6.42 Å². The minimum absolute atomic E-state index is 0.0105. The zero-order valence-corrected chi connectivity index (χ0v) is 7.36. The van der Waals surface area contributed by atoms with Gasteiger partial charge >= 0.3 is 0 Å². The van der Waals surface area contributed by atoms with E-state index in [9.17, 15) is 5.21 Å². The number of rotatable bonds is 0. The van der Waals surface area contributed by atoms with Crippen LogP contribution < -0.4 is 10.5 Å². The van der Waals surface area contributed by atoms with Gasteiger partial charge in [-0.1, -0.05) is 0 Å². The summed E-state index contributed by atoms with van der Waals surface area (Å²) in [4.78, 5) is 3.94. The third-order valence-electron chi connectivity index (χ3n) is 2.45. The molecule has 1 aromatic heterocycles. The van der Waals surface area contributed by atoms with Crippen molar-refractivity contribution in [2.75, 3.05) is 12.3 Å². The van der Waals surface area contributed by atoms with Crippen molar-refractivity contribution in [3.8, 4) is 5.75 Å². The largest absolute Gasteiger partial charge is 0.803 e. The molecule has 14 heavy (non-hydrogen) atoms. The van der Waals surface area contributed by atoms with Crippen LogP contribution in [0.2, 0.25) is 0 Å². The first-order valence-corrected chi connectivity index (χ1v) is 4.37. The summed E-state index contributed by atoms with van der Waals surface area (Å²) in [6, 6.07) is 3.57. The molecule has 2 aromatic rings. The first-order chi connectivity index (χ1) is 6.75. The fourth-order valence-corrected chi connectivity index (χ4v) is 1.75. The average molecular weight is 190 g/mol. The van der Waals surface area contributed by atoms with E-state index in [4.69, 9.17) is 10.5 Å². The average Bonchev–Trinajstić information content (AvgIpc) is 2.70. The van der Waals surface area contributed by atoms with Gasteiger partial charge in [-0.3, -0.25) is 0 Å². The molecule has 0 radical (unpaired) electrons. The van der Waals surface area contributed by atoms with Crippen LogP contribution >= 0.6 is 0 Å². The minimum atomic E-state index is -0.0105. The Bertz CT molecular complexity index is 518. The Morgan fingerprint density at radius 2 is 2.36 bits per heavy atom. The maximum atomic E-state index is 11.4. The number of anilines is 1. The Kier molecular flexibility index (Phi) is 1.24. The lowest BCUT2D eigenvalue weighted by Gasteiger charge is -2.08. The van der Waals surface area contributed by atoms with Gasteiger partial charge in [0.1, 0.15) is 5.75 Å². The van der Waals surface area contributed by atoms with E-state index in [0.29, 0.717) is 22.4 Å². The van der Waals surface area contributed by atoms with E-state index in [1.807, 2.05) is 0 Å². The topological polar surface area (TPSA) is 76.1 Å². The molecule has 72 valence electrons. The minimum Gasteiger partial charge on any atom is -0.803 e. The fourth-order valence-electron chi connectivity index (χ4n) is 1.75. The van der Waals surface area contributed by atoms with Gasteiger partial charge in [0.2, 0.25) is 0 Å². The number of hydrogen-bond donors (Lipinski definition) is 1. The van der Waals surface area contributed by atoms with Crippen LogP contribution in [0.4, 0.5) is 5.95 Å². The zero-order chi connectivity index (χ0) is 9.71. The van der Waals surface area contributed by atoms with Crippen LogP contribution in [0.25, 0.3) is 11.0 Å². The van der Waals surface area contributed by atoms with Crippen molar-refractivity contribution < 1.29 is 4.74 Å². The number of nitrogens with two attached hydrogens (primary N) is 1. The molecule has 5 nitrogen and oxygen atoms in total. The number of aromatic nitrogens is 2. The lowest BCUT2D eigenvalue weighted by atomic mass is 10.1. The third-order valence-corrected chi connectivity index (χ3v) is 2.45. The highest BCUT2D eigenvalue weighted by Crippen LogP contribution is 2.30. The number of nitrogens with zero attached hydrogens (tertiary/aromatic N) is 2. The second kappa shape index (κ2) is 2.31. The maximum absolute atomic E-state index is 11.4. The van der Waals surface area contributed by atoms with Gasteiger partial charge in [-0.25, -0.2) is 4.98 Å². The molecule has 0 unspecified atom stereocenters. The highest BCUT2D eigenvalue weighted by molar-refractivity contribution is 5.81. The summed E-state index contributed by atoms with van der Waals surface area (Å²) in [5.74, 6) is 0.805. The summed E-state index contributed by atoms with van der Waals surface area (Å²) in [5.41, 5.74) is 7.58. The molecule has 3 rings (SSSR count). The molecule has 2 heterocycles. The second-order valence-electron chi connectivity index (χ2n) is 3.31. The highest BCUT2D eigenvalue weighted by atomic mass is 16.5.